The lowest BCUT2D eigenvalue weighted by Crippen LogP contribution is -2.24. The number of furan rings is 1. The van der Waals surface area contributed by atoms with E-state index in [0.29, 0.717) is 23.5 Å². The van der Waals surface area contributed by atoms with Crippen molar-refractivity contribution in [2.45, 2.75) is 19.9 Å². The van der Waals surface area contributed by atoms with E-state index in [0.717, 1.165) is 23.9 Å². The van der Waals surface area contributed by atoms with Crippen LogP contribution in [0.5, 0.6) is 0 Å². The molecule has 4 rings (SSSR count). The Labute approximate surface area is 150 Å². The maximum Gasteiger partial charge on any atom is 0.294 e. The number of hydrogen-bond donors (Lipinski definition) is 1. The Hall–Kier alpha value is -2.99. The molecular formula is C20H20N4O2. The average molecular weight is 348 g/mol. The van der Waals surface area contributed by atoms with Crippen molar-refractivity contribution in [3.8, 4) is 0 Å². The van der Waals surface area contributed by atoms with Gasteiger partial charge in [-0.15, -0.1) is 0 Å². The summed E-state index contributed by atoms with van der Waals surface area (Å²) in [5.74, 6) is 0.643. The highest BCUT2D eigenvalue weighted by atomic mass is 16.3. The third-order valence-corrected chi connectivity index (χ3v) is 4.48. The first-order valence-electron chi connectivity index (χ1n) is 8.59. The van der Waals surface area contributed by atoms with Gasteiger partial charge in [0, 0.05) is 24.3 Å². The molecule has 1 N–H and O–H groups in total. The largest absolute Gasteiger partial charge is 0.449 e. The van der Waals surface area contributed by atoms with Crippen LogP contribution in [0.4, 0.5) is 0 Å². The lowest BCUT2D eigenvalue weighted by Gasteiger charge is -2.15. The molecule has 0 saturated heterocycles. The fraction of sp³-hybridized carbons (Fsp3) is 0.250. The lowest BCUT2D eigenvalue weighted by molar-refractivity contribution is 0.322. The van der Waals surface area contributed by atoms with Crippen molar-refractivity contribution in [3.05, 3.63) is 70.0 Å². The molecular weight excluding hydrogens is 328 g/mol. The molecule has 0 atom stereocenters. The van der Waals surface area contributed by atoms with Gasteiger partial charge in [0.15, 0.2) is 0 Å². The predicted molar refractivity (Wildman–Crippen MR) is 101 cm³/mol. The quantitative estimate of drug-likeness (QED) is 0.600. The van der Waals surface area contributed by atoms with E-state index < -0.39 is 0 Å². The molecule has 0 aliphatic heterocycles. The van der Waals surface area contributed by atoms with E-state index in [4.69, 9.17) is 4.42 Å². The number of nitrogens with one attached hydrogen (secondary N) is 1. The van der Waals surface area contributed by atoms with E-state index in [9.17, 15) is 4.79 Å². The number of H-pyrrole nitrogens is 1. The first-order chi connectivity index (χ1) is 12.6. The number of hydrogen-bond acceptors (Lipinski definition) is 5. The Morgan fingerprint density at radius 3 is 2.81 bits per heavy atom. The van der Waals surface area contributed by atoms with Crippen LogP contribution in [0.15, 0.2) is 51.9 Å². The summed E-state index contributed by atoms with van der Waals surface area (Å²) < 4.78 is 5.68. The number of fused-ring (bicyclic) bond motifs is 3. The number of aryl methyl sites for hydroxylation is 1. The third kappa shape index (κ3) is 3.23. The number of rotatable bonds is 5. The van der Waals surface area contributed by atoms with Gasteiger partial charge >= 0.3 is 0 Å². The molecule has 26 heavy (non-hydrogen) atoms. The molecule has 0 fully saturated rings. The summed E-state index contributed by atoms with van der Waals surface area (Å²) in [6.45, 7) is 3.44. The second kappa shape index (κ2) is 6.72. The molecule has 0 aliphatic rings. The van der Waals surface area contributed by atoms with Crippen LogP contribution in [0.25, 0.3) is 22.1 Å². The van der Waals surface area contributed by atoms with Crippen molar-refractivity contribution in [3.63, 3.8) is 0 Å². The molecule has 3 aromatic heterocycles. The van der Waals surface area contributed by atoms with Crippen molar-refractivity contribution in [2.75, 3.05) is 13.6 Å². The van der Waals surface area contributed by atoms with Gasteiger partial charge < -0.3 is 9.40 Å². The van der Waals surface area contributed by atoms with E-state index in [1.807, 2.05) is 44.3 Å². The molecule has 1 aromatic carbocycles. The average Bonchev–Trinajstić information content (AvgIpc) is 2.99. The highest BCUT2D eigenvalue weighted by molar-refractivity contribution is 6.02. The van der Waals surface area contributed by atoms with Gasteiger partial charge in [0.05, 0.1) is 6.54 Å². The van der Waals surface area contributed by atoms with Crippen molar-refractivity contribution in [1.82, 2.24) is 19.9 Å². The van der Waals surface area contributed by atoms with Gasteiger partial charge in [-0.25, -0.2) is 4.98 Å². The van der Waals surface area contributed by atoms with Gasteiger partial charge in [-0.2, -0.15) is 0 Å². The van der Waals surface area contributed by atoms with Gasteiger partial charge in [0.1, 0.15) is 16.9 Å². The fourth-order valence-corrected chi connectivity index (χ4v) is 3.09. The summed E-state index contributed by atoms with van der Waals surface area (Å²) in [4.78, 5) is 26.1. The van der Waals surface area contributed by atoms with Crippen molar-refractivity contribution >= 4 is 22.1 Å². The maximum atomic E-state index is 12.4. The number of benzene rings is 1. The van der Waals surface area contributed by atoms with Crippen LogP contribution in [0, 0.1) is 6.92 Å². The van der Waals surface area contributed by atoms with Gasteiger partial charge in [0.2, 0.25) is 5.58 Å². The van der Waals surface area contributed by atoms with Crippen LogP contribution in [0.3, 0.4) is 0 Å². The first kappa shape index (κ1) is 16.5. The summed E-state index contributed by atoms with van der Waals surface area (Å²) in [7, 11) is 2.02. The minimum absolute atomic E-state index is 0.235. The predicted octanol–water partition coefficient (Wildman–Crippen LogP) is 3.05. The van der Waals surface area contributed by atoms with Gasteiger partial charge in [-0.1, -0.05) is 11.6 Å². The molecule has 0 bridgehead atoms. The summed E-state index contributed by atoms with van der Waals surface area (Å²) in [5, 5.41) is 0.881. The highest BCUT2D eigenvalue weighted by Gasteiger charge is 2.14. The van der Waals surface area contributed by atoms with E-state index in [2.05, 4.69) is 19.9 Å². The molecule has 0 spiro atoms. The van der Waals surface area contributed by atoms with Crippen molar-refractivity contribution in [2.24, 2.45) is 0 Å². The van der Waals surface area contributed by atoms with Crippen LogP contribution in [-0.2, 0) is 13.0 Å². The van der Waals surface area contributed by atoms with Crippen LogP contribution in [-0.4, -0.2) is 33.4 Å². The zero-order chi connectivity index (χ0) is 18.1. The van der Waals surface area contributed by atoms with E-state index in [1.165, 1.54) is 5.56 Å². The summed E-state index contributed by atoms with van der Waals surface area (Å²) in [6.07, 6.45) is 4.52. The van der Waals surface area contributed by atoms with Crippen LogP contribution in [0.2, 0.25) is 0 Å². The molecule has 132 valence electrons. The lowest BCUT2D eigenvalue weighted by atomic mass is 10.2. The van der Waals surface area contributed by atoms with Crippen LogP contribution in [0.1, 0.15) is 17.0 Å². The number of aromatic nitrogens is 3. The molecule has 4 aromatic rings. The van der Waals surface area contributed by atoms with E-state index in [1.54, 1.807) is 12.4 Å². The monoisotopic (exact) mass is 348 g/mol. The minimum atomic E-state index is -0.235. The molecule has 0 saturated carbocycles. The summed E-state index contributed by atoms with van der Waals surface area (Å²) >= 11 is 0. The van der Waals surface area contributed by atoms with Crippen LogP contribution < -0.4 is 5.56 Å². The number of likely N-dealkylation sites (N-methyl/N-ethyl adjacent to an activating group) is 1. The van der Waals surface area contributed by atoms with Gasteiger partial charge in [0.25, 0.3) is 5.56 Å². The molecule has 6 nitrogen and oxygen atoms in total. The summed E-state index contributed by atoms with van der Waals surface area (Å²) in [5.41, 5.74) is 3.71. The number of pyridine rings is 1. The zero-order valence-corrected chi connectivity index (χ0v) is 14.8. The van der Waals surface area contributed by atoms with E-state index in [-0.39, 0.29) is 11.1 Å². The number of aromatic amines is 1. The molecule has 0 amide bonds. The highest BCUT2D eigenvalue weighted by Crippen LogP contribution is 2.25. The van der Waals surface area contributed by atoms with Crippen molar-refractivity contribution < 1.29 is 4.42 Å². The van der Waals surface area contributed by atoms with E-state index >= 15 is 0 Å². The Bertz CT molecular complexity index is 1120. The maximum absolute atomic E-state index is 12.4. The molecule has 0 aliphatic carbocycles. The Morgan fingerprint density at radius 2 is 2.00 bits per heavy atom. The minimum Gasteiger partial charge on any atom is -0.449 e. The summed E-state index contributed by atoms with van der Waals surface area (Å²) in [6, 6.07) is 9.88. The van der Waals surface area contributed by atoms with Gasteiger partial charge in [-0.05, 0) is 50.2 Å². The standard InChI is InChI=1S/C20H20N4O2/c1-13-3-4-16-15(11-13)18-19(26-16)20(25)23-17(22-18)12-24(2)10-7-14-5-8-21-9-6-14/h3-6,8-9,11H,7,10,12H2,1-2H3,(H,22,23,25). The molecule has 3 heterocycles. The normalized spacial score (nSPS) is 11.7. The molecule has 0 unspecified atom stereocenters. The second-order valence-corrected chi connectivity index (χ2v) is 6.64. The molecule has 0 radical (unpaired) electrons. The smallest absolute Gasteiger partial charge is 0.294 e. The van der Waals surface area contributed by atoms with Gasteiger partial charge in [-0.3, -0.25) is 14.7 Å². The van der Waals surface area contributed by atoms with Crippen LogP contribution >= 0.6 is 0 Å². The Balaban J connectivity index is 1.59. The first-order valence-corrected chi connectivity index (χ1v) is 8.59. The number of nitrogens with zero attached hydrogens (tertiary/aromatic N) is 3. The van der Waals surface area contributed by atoms with Crippen molar-refractivity contribution in [1.29, 1.82) is 0 Å². The topological polar surface area (TPSA) is 75.0 Å². The Morgan fingerprint density at radius 1 is 1.19 bits per heavy atom. The fourth-order valence-electron chi connectivity index (χ4n) is 3.09. The second-order valence-electron chi connectivity index (χ2n) is 6.64. The zero-order valence-electron chi connectivity index (χ0n) is 14.8. The Kier molecular flexibility index (Phi) is 4.26. The third-order valence-electron chi connectivity index (χ3n) is 4.48. The SMILES string of the molecule is Cc1ccc2oc3c(=O)[nH]c(CN(C)CCc4ccncc4)nc3c2c1. The molecule has 6 heteroatoms.